The van der Waals surface area contributed by atoms with Gasteiger partial charge in [-0.05, 0) is 18.1 Å². The molecule has 2 aromatic rings. The number of anilines is 1. The van der Waals surface area contributed by atoms with Gasteiger partial charge < -0.3 is 5.32 Å². The third kappa shape index (κ3) is 3.78. The molecule has 4 nitrogen and oxygen atoms in total. The fourth-order valence-corrected chi connectivity index (χ4v) is 1.94. The summed E-state index contributed by atoms with van der Waals surface area (Å²) in [5, 5.41) is 4.17. The second kappa shape index (κ2) is 5.72. The summed E-state index contributed by atoms with van der Waals surface area (Å²) in [6.07, 6.45) is 2.49. The number of hydrogen-bond acceptors (Lipinski definition) is 5. The van der Waals surface area contributed by atoms with Crippen molar-refractivity contribution >= 4 is 16.7 Å². The van der Waals surface area contributed by atoms with Crippen molar-refractivity contribution in [2.24, 2.45) is 5.92 Å². The monoisotopic (exact) mass is 248 g/mol. The maximum atomic E-state index is 4.43. The zero-order valence-electron chi connectivity index (χ0n) is 10.1. The fraction of sp³-hybridized carbons (Fsp3) is 0.417. The van der Waals surface area contributed by atoms with E-state index >= 15 is 0 Å². The molecule has 0 fully saturated rings. The van der Waals surface area contributed by atoms with Gasteiger partial charge in [0.25, 0.3) is 0 Å². The van der Waals surface area contributed by atoms with Crippen LogP contribution in [0.5, 0.6) is 0 Å². The lowest BCUT2D eigenvalue weighted by Gasteiger charge is -2.03. The molecule has 2 heterocycles. The minimum atomic E-state index is 0.609. The zero-order chi connectivity index (χ0) is 12.1. The Morgan fingerprint density at radius 2 is 2.24 bits per heavy atom. The molecule has 0 aromatic carbocycles. The molecule has 0 radical (unpaired) electrons. The van der Waals surface area contributed by atoms with E-state index in [2.05, 4.69) is 33.5 Å². The molecule has 0 aliphatic rings. The molecule has 0 atom stereocenters. The lowest BCUT2D eigenvalue weighted by atomic mass is 10.2. The number of nitrogens with one attached hydrogen (secondary N) is 1. The van der Waals surface area contributed by atoms with Crippen LogP contribution in [0.25, 0.3) is 0 Å². The summed E-state index contributed by atoms with van der Waals surface area (Å²) in [4.78, 5) is 8.70. The number of rotatable bonds is 5. The third-order valence-corrected chi connectivity index (χ3v) is 2.91. The van der Waals surface area contributed by atoms with E-state index < -0.39 is 0 Å². The molecule has 0 aliphatic carbocycles. The van der Waals surface area contributed by atoms with Crippen LogP contribution < -0.4 is 5.32 Å². The van der Waals surface area contributed by atoms with Crippen molar-refractivity contribution in [2.75, 3.05) is 11.9 Å². The van der Waals surface area contributed by atoms with Crippen LogP contribution in [0.15, 0.2) is 24.4 Å². The van der Waals surface area contributed by atoms with Crippen LogP contribution in [0.1, 0.15) is 25.4 Å². The van der Waals surface area contributed by atoms with Crippen LogP contribution in [0.4, 0.5) is 5.13 Å². The van der Waals surface area contributed by atoms with Gasteiger partial charge in [-0.1, -0.05) is 19.9 Å². The van der Waals surface area contributed by atoms with Gasteiger partial charge in [0.2, 0.25) is 5.13 Å². The first-order valence-corrected chi connectivity index (χ1v) is 6.48. The van der Waals surface area contributed by atoms with E-state index in [1.165, 1.54) is 11.5 Å². The Hall–Kier alpha value is -1.49. The highest BCUT2D eigenvalue weighted by Gasteiger charge is 2.05. The van der Waals surface area contributed by atoms with Crippen LogP contribution >= 0.6 is 11.5 Å². The molecule has 2 rings (SSSR count). The summed E-state index contributed by atoms with van der Waals surface area (Å²) in [7, 11) is 0. The highest BCUT2D eigenvalue weighted by atomic mass is 32.1. The highest BCUT2D eigenvalue weighted by Crippen LogP contribution is 2.13. The lowest BCUT2D eigenvalue weighted by molar-refractivity contribution is 0.688. The van der Waals surface area contributed by atoms with Crippen molar-refractivity contribution in [3.8, 4) is 0 Å². The zero-order valence-corrected chi connectivity index (χ0v) is 10.9. The molecule has 2 aromatic heterocycles. The molecule has 0 spiro atoms. The minimum absolute atomic E-state index is 0.609. The number of hydrogen-bond donors (Lipinski definition) is 1. The van der Waals surface area contributed by atoms with Gasteiger partial charge >= 0.3 is 0 Å². The molecule has 90 valence electrons. The summed E-state index contributed by atoms with van der Waals surface area (Å²) in [6.45, 7) is 5.27. The predicted octanol–water partition coefficient (Wildman–Crippen LogP) is 2.59. The molecule has 1 N–H and O–H groups in total. The van der Waals surface area contributed by atoms with Crippen LogP contribution in [0, 0.1) is 5.92 Å². The van der Waals surface area contributed by atoms with Crippen molar-refractivity contribution < 1.29 is 0 Å². The Bertz CT molecular complexity index is 453. The van der Waals surface area contributed by atoms with E-state index in [1.807, 2.05) is 18.2 Å². The van der Waals surface area contributed by atoms with Gasteiger partial charge in [-0.2, -0.15) is 4.37 Å². The summed E-state index contributed by atoms with van der Waals surface area (Å²) in [5.41, 5.74) is 1.00. The van der Waals surface area contributed by atoms with Gasteiger partial charge in [-0.25, -0.2) is 4.98 Å². The van der Waals surface area contributed by atoms with Crippen LogP contribution in [-0.4, -0.2) is 20.9 Å². The van der Waals surface area contributed by atoms with E-state index in [9.17, 15) is 0 Å². The van der Waals surface area contributed by atoms with Crippen LogP contribution in [0.3, 0.4) is 0 Å². The Morgan fingerprint density at radius 1 is 1.35 bits per heavy atom. The second-order valence-corrected chi connectivity index (χ2v) is 5.04. The highest BCUT2D eigenvalue weighted by molar-refractivity contribution is 7.09. The molecular weight excluding hydrogens is 232 g/mol. The maximum absolute atomic E-state index is 4.43. The maximum Gasteiger partial charge on any atom is 0.202 e. The minimum Gasteiger partial charge on any atom is -0.360 e. The number of pyridine rings is 1. The van der Waals surface area contributed by atoms with E-state index in [0.29, 0.717) is 12.3 Å². The smallest absolute Gasteiger partial charge is 0.202 e. The summed E-state index contributed by atoms with van der Waals surface area (Å²) in [5.74, 6) is 1.44. The predicted molar refractivity (Wildman–Crippen MR) is 70.3 cm³/mol. The SMILES string of the molecule is CC(C)CNc1nc(Cc2ccccn2)ns1. The normalized spacial score (nSPS) is 10.8. The first-order valence-electron chi connectivity index (χ1n) is 5.70. The van der Waals surface area contributed by atoms with E-state index in [0.717, 1.165) is 23.2 Å². The third-order valence-electron chi connectivity index (χ3n) is 2.20. The average molecular weight is 248 g/mol. The van der Waals surface area contributed by atoms with Crippen molar-refractivity contribution in [2.45, 2.75) is 20.3 Å². The Morgan fingerprint density at radius 3 is 2.94 bits per heavy atom. The molecular formula is C12H16N4S. The molecule has 0 bridgehead atoms. The van der Waals surface area contributed by atoms with Crippen LogP contribution in [0.2, 0.25) is 0 Å². The average Bonchev–Trinajstić information content (AvgIpc) is 2.75. The summed E-state index contributed by atoms with van der Waals surface area (Å²) in [6, 6.07) is 5.88. The first-order chi connectivity index (χ1) is 8.24. The Balaban J connectivity index is 1.94. The van der Waals surface area contributed by atoms with Crippen molar-refractivity contribution in [1.82, 2.24) is 14.3 Å². The van der Waals surface area contributed by atoms with E-state index in [-0.39, 0.29) is 0 Å². The van der Waals surface area contributed by atoms with E-state index in [4.69, 9.17) is 0 Å². The Kier molecular flexibility index (Phi) is 4.03. The molecule has 0 aliphatic heterocycles. The van der Waals surface area contributed by atoms with Gasteiger partial charge in [0.1, 0.15) is 0 Å². The van der Waals surface area contributed by atoms with Gasteiger partial charge in [0, 0.05) is 30.0 Å². The summed E-state index contributed by atoms with van der Waals surface area (Å²) < 4.78 is 4.32. The van der Waals surface area contributed by atoms with E-state index in [1.54, 1.807) is 6.20 Å². The second-order valence-electron chi connectivity index (χ2n) is 4.29. The first kappa shape index (κ1) is 12.0. The molecule has 17 heavy (non-hydrogen) atoms. The molecule has 0 amide bonds. The fourth-order valence-electron chi connectivity index (χ4n) is 1.35. The Labute approximate surface area is 105 Å². The van der Waals surface area contributed by atoms with Gasteiger partial charge in [0.15, 0.2) is 5.82 Å². The quantitative estimate of drug-likeness (QED) is 0.883. The van der Waals surface area contributed by atoms with Gasteiger partial charge in [0.05, 0.1) is 6.42 Å². The molecule has 0 saturated carbocycles. The standard InChI is InChI=1S/C12H16N4S/c1-9(2)8-14-12-15-11(16-17-12)7-10-5-3-4-6-13-10/h3-6,9H,7-8H2,1-2H3,(H,14,15,16). The van der Waals surface area contributed by atoms with Crippen molar-refractivity contribution in [3.05, 3.63) is 35.9 Å². The molecule has 0 saturated heterocycles. The van der Waals surface area contributed by atoms with Gasteiger partial charge in [-0.3, -0.25) is 4.98 Å². The topological polar surface area (TPSA) is 50.7 Å². The largest absolute Gasteiger partial charge is 0.360 e. The number of aromatic nitrogens is 3. The van der Waals surface area contributed by atoms with Gasteiger partial charge in [-0.15, -0.1) is 0 Å². The summed E-state index contributed by atoms with van der Waals surface area (Å²) >= 11 is 1.41. The van der Waals surface area contributed by atoms with Crippen molar-refractivity contribution in [1.29, 1.82) is 0 Å². The van der Waals surface area contributed by atoms with Crippen LogP contribution in [-0.2, 0) is 6.42 Å². The number of nitrogens with zero attached hydrogens (tertiary/aromatic N) is 3. The van der Waals surface area contributed by atoms with Crippen molar-refractivity contribution in [3.63, 3.8) is 0 Å². The lowest BCUT2D eigenvalue weighted by Crippen LogP contribution is -2.07. The molecule has 0 unspecified atom stereocenters. The molecule has 5 heteroatoms.